The van der Waals surface area contributed by atoms with Gasteiger partial charge in [-0.2, -0.15) is 0 Å². The summed E-state index contributed by atoms with van der Waals surface area (Å²) in [7, 11) is 0. The van der Waals surface area contributed by atoms with E-state index in [1.54, 1.807) is 17.6 Å². The molecule has 0 radical (unpaired) electrons. The molecule has 1 atom stereocenters. The Hall–Kier alpha value is -1.13. The predicted molar refractivity (Wildman–Crippen MR) is 83.0 cm³/mol. The van der Waals surface area contributed by atoms with Crippen molar-refractivity contribution < 1.29 is 4.42 Å². The van der Waals surface area contributed by atoms with Crippen molar-refractivity contribution >= 4 is 11.3 Å². The third kappa shape index (κ3) is 2.67. The van der Waals surface area contributed by atoms with Crippen molar-refractivity contribution in [3.8, 4) is 10.8 Å². The zero-order valence-electron chi connectivity index (χ0n) is 12.4. The van der Waals surface area contributed by atoms with Crippen LogP contribution >= 0.6 is 11.3 Å². The van der Waals surface area contributed by atoms with Gasteiger partial charge in [0.25, 0.3) is 0 Å². The Morgan fingerprint density at radius 3 is 3.05 bits per heavy atom. The van der Waals surface area contributed by atoms with Crippen LogP contribution < -0.4 is 5.32 Å². The van der Waals surface area contributed by atoms with Crippen molar-refractivity contribution in [2.75, 3.05) is 6.54 Å². The lowest BCUT2D eigenvalue weighted by molar-refractivity contribution is 0.258. The average Bonchev–Trinajstić information content (AvgIpc) is 3.02. The minimum atomic E-state index is 0.312. The van der Waals surface area contributed by atoms with E-state index >= 15 is 0 Å². The second-order valence-electron chi connectivity index (χ2n) is 6.36. The molecule has 3 rings (SSSR count). The summed E-state index contributed by atoms with van der Waals surface area (Å²) in [5.74, 6) is 0.886. The molecule has 2 aromatic heterocycles. The summed E-state index contributed by atoms with van der Waals surface area (Å²) >= 11 is 1.78. The molecule has 0 aliphatic heterocycles. The van der Waals surface area contributed by atoms with Crippen LogP contribution in [0.5, 0.6) is 0 Å². The SMILES string of the molecule is CCCNC1CC(C)(C)Cc2nc(-c3ccco3)sc21. The molecule has 0 spiro atoms. The maximum absolute atomic E-state index is 5.49. The van der Waals surface area contributed by atoms with Crippen LogP contribution in [0.25, 0.3) is 10.8 Å². The lowest BCUT2D eigenvalue weighted by Crippen LogP contribution is -2.33. The second kappa shape index (κ2) is 5.34. The lowest BCUT2D eigenvalue weighted by atomic mass is 9.76. The molecule has 1 unspecified atom stereocenters. The Balaban J connectivity index is 1.94. The molecule has 0 fully saturated rings. The Kier molecular flexibility index (Phi) is 3.69. The van der Waals surface area contributed by atoms with E-state index < -0.39 is 0 Å². The molecular formula is C16H22N2OS. The highest BCUT2D eigenvalue weighted by Crippen LogP contribution is 2.44. The lowest BCUT2D eigenvalue weighted by Gasteiger charge is -2.34. The van der Waals surface area contributed by atoms with Gasteiger partial charge in [-0.05, 0) is 43.4 Å². The minimum absolute atomic E-state index is 0.312. The molecule has 2 aromatic rings. The number of fused-ring (bicyclic) bond motifs is 1. The van der Waals surface area contributed by atoms with Crippen LogP contribution in [0.15, 0.2) is 22.8 Å². The van der Waals surface area contributed by atoms with Gasteiger partial charge in [-0.3, -0.25) is 0 Å². The monoisotopic (exact) mass is 290 g/mol. The van der Waals surface area contributed by atoms with E-state index in [1.807, 2.05) is 12.1 Å². The van der Waals surface area contributed by atoms with E-state index in [9.17, 15) is 0 Å². The number of nitrogens with one attached hydrogen (secondary N) is 1. The first-order chi connectivity index (χ1) is 9.59. The number of thiazole rings is 1. The maximum atomic E-state index is 5.49. The fourth-order valence-electron chi connectivity index (χ4n) is 2.92. The first-order valence-electron chi connectivity index (χ1n) is 7.36. The molecular weight excluding hydrogens is 268 g/mol. The molecule has 3 nitrogen and oxygen atoms in total. The summed E-state index contributed by atoms with van der Waals surface area (Å²) in [4.78, 5) is 6.24. The van der Waals surface area contributed by atoms with Crippen LogP contribution in [0, 0.1) is 5.41 Å². The molecule has 2 heterocycles. The van der Waals surface area contributed by atoms with Crippen molar-refractivity contribution in [3.05, 3.63) is 29.0 Å². The molecule has 0 aromatic carbocycles. The molecule has 20 heavy (non-hydrogen) atoms. The topological polar surface area (TPSA) is 38.1 Å². The van der Waals surface area contributed by atoms with Gasteiger partial charge in [-0.25, -0.2) is 4.98 Å². The highest BCUT2D eigenvalue weighted by Gasteiger charge is 2.35. The highest BCUT2D eigenvalue weighted by atomic mass is 32.1. The summed E-state index contributed by atoms with van der Waals surface area (Å²) in [6, 6.07) is 4.35. The summed E-state index contributed by atoms with van der Waals surface area (Å²) in [5.41, 5.74) is 1.57. The summed E-state index contributed by atoms with van der Waals surface area (Å²) in [6.45, 7) is 7.95. The van der Waals surface area contributed by atoms with Gasteiger partial charge < -0.3 is 9.73 Å². The van der Waals surface area contributed by atoms with Gasteiger partial charge in [0.15, 0.2) is 10.8 Å². The molecule has 0 saturated carbocycles. The Morgan fingerprint density at radius 2 is 2.35 bits per heavy atom. The van der Waals surface area contributed by atoms with Gasteiger partial charge in [-0.15, -0.1) is 11.3 Å². The van der Waals surface area contributed by atoms with Gasteiger partial charge in [0.05, 0.1) is 12.0 Å². The molecule has 1 aliphatic rings. The molecule has 1 N–H and O–H groups in total. The molecule has 1 aliphatic carbocycles. The van der Waals surface area contributed by atoms with Crippen molar-refractivity contribution in [2.45, 2.75) is 46.1 Å². The number of nitrogens with zero attached hydrogens (tertiary/aromatic N) is 1. The van der Waals surface area contributed by atoms with Crippen LogP contribution in [0.1, 0.15) is 50.2 Å². The zero-order valence-corrected chi connectivity index (χ0v) is 13.2. The minimum Gasteiger partial charge on any atom is -0.462 e. The normalized spacial score (nSPS) is 20.9. The smallest absolute Gasteiger partial charge is 0.162 e. The van der Waals surface area contributed by atoms with Crippen molar-refractivity contribution in [1.29, 1.82) is 0 Å². The number of rotatable bonds is 4. The van der Waals surface area contributed by atoms with Gasteiger partial charge in [0.2, 0.25) is 0 Å². The third-order valence-electron chi connectivity index (χ3n) is 3.82. The third-order valence-corrected chi connectivity index (χ3v) is 5.05. The van der Waals surface area contributed by atoms with E-state index in [4.69, 9.17) is 9.40 Å². The van der Waals surface area contributed by atoms with Crippen molar-refractivity contribution in [3.63, 3.8) is 0 Å². The fourth-order valence-corrected chi connectivity index (χ4v) is 4.05. The van der Waals surface area contributed by atoms with Crippen LogP contribution in [0.2, 0.25) is 0 Å². The van der Waals surface area contributed by atoms with Crippen LogP contribution in [0.4, 0.5) is 0 Å². The van der Waals surface area contributed by atoms with Gasteiger partial charge >= 0.3 is 0 Å². The van der Waals surface area contributed by atoms with Gasteiger partial charge in [-0.1, -0.05) is 20.8 Å². The first kappa shape index (κ1) is 13.8. The molecule has 108 valence electrons. The van der Waals surface area contributed by atoms with Crippen LogP contribution in [0.3, 0.4) is 0 Å². The Morgan fingerprint density at radius 1 is 1.50 bits per heavy atom. The van der Waals surface area contributed by atoms with Crippen molar-refractivity contribution in [2.24, 2.45) is 5.41 Å². The maximum Gasteiger partial charge on any atom is 0.162 e. The summed E-state index contributed by atoms with van der Waals surface area (Å²) < 4.78 is 5.49. The molecule has 0 saturated heterocycles. The molecule has 0 bridgehead atoms. The number of hydrogen-bond donors (Lipinski definition) is 1. The van der Waals surface area contributed by atoms with E-state index in [0.29, 0.717) is 11.5 Å². The Bertz CT molecular complexity index is 571. The summed E-state index contributed by atoms with van der Waals surface area (Å²) in [5, 5.41) is 4.70. The standard InChI is InChI=1S/C16H22N2OS/c1-4-7-17-11-9-16(2,3)10-12-14(11)20-15(18-12)13-6-5-8-19-13/h5-6,8,11,17H,4,7,9-10H2,1-3H3. The first-order valence-corrected chi connectivity index (χ1v) is 8.17. The molecule has 0 amide bonds. The van der Waals surface area contributed by atoms with Crippen LogP contribution in [-0.4, -0.2) is 11.5 Å². The molecule has 4 heteroatoms. The van der Waals surface area contributed by atoms with Gasteiger partial charge in [0.1, 0.15) is 0 Å². The van der Waals surface area contributed by atoms with E-state index in [2.05, 4.69) is 26.1 Å². The second-order valence-corrected chi connectivity index (χ2v) is 7.39. The number of aromatic nitrogens is 1. The van der Waals surface area contributed by atoms with E-state index in [-0.39, 0.29) is 0 Å². The number of hydrogen-bond acceptors (Lipinski definition) is 4. The van der Waals surface area contributed by atoms with E-state index in [1.165, 1.54) is 17.0 Å². The average molecular weight is 290 g/mol. The fraction of sp³-hybridized carbons (Fsp3) is 0.562. The van der Waals surface area contributed by atoms with Crippen LogP contribution in [-0.2, 0) is 6.42 Å². The zero-order chi connectivity index (χ0) is 14.2. The number of furan rings is 1. The largest absolute Gasteiger partial charge is 0.462 e. The van der Waals surface area contributed by atoms with E-state index in [0.717, 1.165) is 30.2 Å². The highest BCUT2D eigenvalue weighted by molar-refractivity contribution is 7.15. The summed E-state index contributed by atoms with van der Waals surface area (Å²) in [6.07, 6.45) is 5.12. The predicted octanol–water partition coefficient (Wildman–Crippen LogP) is 4.42. The van der Waals surface area contributed by atoms with Gasteiger partial charge in [0, 0.05) is 10.9 Å². The Labute approximate surface area is 124 Å². The van der Waals surface area contributed by atoms with Crippen molar-refractivity contribution in [1.82, 2.24) is 10.3 Å². The quantitative estimate of drug-likeness (QED) is 0.906.